The van der Waals surface area contributed by atoms with Crippen LogP contribution in [0.3, 0.4) is 0 Å². The molecule has 0 aliphatic heterocycles. The monoisotopic (exact) mass is 289 g/mol. The minimum absolute atomic E-state index is 0.911. The molecule has 22 heavy (non-hydrogen) atoms. The predicted molar refractivity (Wildman–Crippen MR) is 98.0 cm³/mol. The van der Waals surface area contributed by atoms with Crippen LogP contribution in [0.5, 0.6) is 0 Å². The number of benzene rings is 2. The molecule has 2 rings (SSSR count). The number of hydrogen-bond acceptors (Lipinski definition) is 1. The second kappa shape index (κ2) is 8.04. The summed E-state index contributed by atoms with van der Waals surface area (Å²) in [6.45, 7) is 8.91. The van der Waals surface area contributed by atoms with Gasteiger partial charge in [-0.1, -0.05) is 61.2 Å². The Labute approximate surface area is 133 Å². The summed E-state index contributed by atoms with van der Waals surface area (Å²) in [5.74, 6) is 0. The molecule has 0 aliphatic rings. The summed E-state index contributed by atoms with van der Waals surface area (Å²) in [6, 6.07) is 19.1. The van der Waals surface area contributed by atoms with Crippen molar-refractivity contribution in [1.82, 2.24) is 0 Å². The van der Waals surface area contributed by atoms with Gasteiger partial charge in [0.25, 0.3) is 0 Å². The molecule has 0 heterocycles. The molecule has 0 aromatic heterocycles. The smallest absolute Gasteiger partial charge is 0.0411 e. The Kier molecular flexibility index (Phi) is 5.79. The quantitative estimate of drug-likeness (QED) is 0.605. The van der Waals surface area contributed by atoms with Gasteiger partial charge in [-0.2, -0.15) is 0 Å². The Hall–Kier alpha value is -2.54. The number of likely N-dealkylation sites (N-methyl/N-ethyl adjacent to an activating group) is 1. The van der Waals surface area contributed by atoms with Crippen molar-refractivity contribution in [2.45, 2.75) is 13.8 Å². The second-order valence-corrected chi connectivity index (χ2v) is 4.98. The molecule has 0 spiro atoms. The molecular weight excluding hydrogens is 266 g/mol. The molecule has 0 saturated heterocycles. The SMILES string of the molecule is C=C/C=C(\C=C/C)N(CC)c1ccc(-c2ccccc2)cc1. The van der Waals surface area contributed by atoms with Gasteiger partial charge < -0.3 is 4.90 Å². The predicted octanol–water partition coefficient (Wildman–Crippen LogP) is 5.83. The van der Waals surface area contributed by atoms with Crippen LogP contribution in [0.1, 0.15) is 13.8 Å². The fourth-order valence-electron chi connectivity index (χ4n) is 2.51. The molecule has 0 atom stereocenters. The first-order valence-electron chi connectivity index (χ1n) is 7.68. The maximum absolute atomic E-state index is 3.81. The lowest BCUT2D eigenvalue weighted by Crippen LogP contribution is -2.20. The van der Waals surface area contributed by atoms with E-state index in [0.717, 1.165) is 12.2 Å². The Morgan fingerprint density at radius 2 is 1.64 bits per heavy atom. The summed E-state index contributed by atoms with van der Waals surface area (Å²) >= 11 is 0. The number of rotatable bonds is 6. The van der Waals surface area contributed by atoms with Gasteiger partial charge in [0.15, 0.2) is 0 Å². The highest BCUT2D eigenvalue weighted by Gasteiger charge is 2.07. The van der Waals surface area contributed by atoms with Crippen molar-refractivity contribution in [3.63, 3.8) is 0 Å². The third kappa shape index (κ3) is 3.76. The van der Waals surface area contributed by atoms with Gasteiger partial charge in [0.1, 0.15) is 0 Å². The first-order valence-corrected chi connectivity index (χ1v) is 7.68. The molecule has 1 heteroatoms. The highest BCUT2D eigenvalue weighted by atomic mass is 15.1. The summed E-state index contributed by atoms with van der Waals surface area (Å²) in [4.78, 5) is 2.27. The van der Waals surface area contributed by atoms with E-state index in [1.165, 1.54) is 16.8 Å². The first kappa shape index (κ1) is 15.8. The van der Waals surface area contributed by atoms with Crippen LogP contribution in [0, 0.1) is 0 Å². The van der Waals surface area contributed by atoms with Crippen LogP contribution >= 0.6 is 0 Å². The Morgan fingerprint density at radius 1 is 1.00 bits per heavy atom. The number of anilines is 1. The molecule has 1 nitrogen and oxygen atoms in total. The van der Waals surface area contributed by atoms with E-state index >= 15 is 0 Å². The lowest BCUT2D eigenvalue weighted by molar-refractivity contribution is 0.978. The molecule has 0 radical (unpaired) electrons. The highest BCUT2D eigenvalue weighted by Crippen LogP contribution is 2.25. The minimum atomic E-state index is 0.911. The molecule has 2 aromatic carbocycles. The van der Waals surface area contributed by atoms with Crippen LogP contribution in [-0.4, -0.2) is 6.54 Å². The van der Waals surface area contributed by atoms with E-state index in [2.05, 4.69) is 79.1 Å². The standard InChI is InChI=1S/C21H23N/c1-4-10-20(11-5-2)22(6-3)21-16-14-19(15-17-21)18-12-8-7-9-13-18/h4-5,7-17H,1,6H2,2-3H3/b11-5-,20-10+. The van der Waals surface area contributed by atoms with Crippen molar-refractivity contribution in [3.05, 3.63) is 91.2 Å². The maximum atomic E-state index is 3.81. The van der Waals surface area contributed by atoms with Gasteiger partial charge in [0, 0.05) is 17.9 Å². The maximum Gasteiger partial charge on any atom is 0.0411 e. The molecule has 0 N–H and O–H groups in total. The van der Waals surface area contributed by atoms with Crippen LogP contribution in [-0.2, 0) is 0 Å². The Balaban J connectivity index is 2.31. The zero-order valence-corrected chi connectivity index (χ0v) is 13.4. The van der Waals surface area contributed by atoms with Gasteiger partial charge >= 0.3 is 0 Å². The Bertz CT molecular complexity index is 648. The molecule has 112 valence electrons. The molecule has 0 amide bonds. The van der Waals surface area contributed by atoms with Crippen LogP contribution in [0.4, 0.5) is 5.69 Å². The topological polar surface area (TPSA) is 3.24 Å². The summed E-state index contributed by atoms with van der Waals surface area (Å²) in [7, 11) is 0. The molecular formula is C21H23N. The number of nitrogens with zero attached hydrogens (tertiary/aromatic N) is 1. The van der Waals surface area contributed by atoms with Crippen molar-refractivity contribution in [2.75, 3.05) is 11.4 Å². The van der Waals surface area contributed by atoms with E-state index in [1.54, 1.807) is 0 Å². The Morgan fingerprint density at radius 3 is 2.18 bits per heavy atom. The van der Waals surface area contributed by atoms with Gasteiger partial charge in [-0.05, 0) is 49.3 Å². The van der Waals surface area contributed by atoms with Crippen molar-refractivity contribution >= 4 is 5.69 Å². The average Bonchev–Trinajstić information content (AvgIpc) is 2.57. The van der Waals surface area contributed by atoms with Crippen LogP contribution in [0.2, 0.25) is 0 Å². The van der Waals surface area contributed by atoms with E-state index in [1.807, 2.05) is 25.1 Å². The van der Waals surface area contributed by atoms with Gasteiger partial charge in [-0.3, -0.25) is 0 Å². The zero-order chi connectivity index (χ0) is 15.8. The summed E-state index contributed by atoms with van der Waals surface area (Å²) in [6.07, 6.45) is 8.03. The van der Waals surface area contributed by atoms with Gasteiger partial charge in [-0.15, -0.1) is 0 Å². The van der Waals surface area contributed by atoms with E-state index in [-0.39, 0.29) is 0 Å². The third-order valence-corrected chi connectivity index (χ3v) is 3.54. The molecule has 0 aliphatic carbocycles. The van der Waals surface area contributed by atoms with E-state index < -0.39 is 0 Å². The van der Waals surface area contributed by atoms with Crippen molar-refractivity contribution in [1.29, 1.82) is 0 Å². The molecule has 0 unspecified atom stereocenters. The van der Waals surface area contributed by atoms with Crippen LogP contribution < -0.4 is 4.90 Å². The van der Waals surface area contributed by atoms with E-state index in [0.29, 0.717) is 0 Å². The molecule has 0 bridgehead atoms. The van der Waals surface area contributed by atoms with Gasteiger partial charge in [0.2, 0.25) is 0 Å². The van der Waals surface area contributed by atoms with Gasteiger partial charge in [0.05, 0.1) is 0 Å². The highest BCUT2D eigenvalue weighted by molar-refractivity contribution is 5.67. The molecule has 2 aromatic rings. The van der Waals surface area contributed by atoms with Crippen molar-refractivity contribution < 1.29 is 0 Å². The summed E-state index contributed by atoms with van der Waals surface area (Å²) in [5, 5.41) is 0. The summed E-state index contributed by atoms with van der Waals surface area (Å²) in [5.41, 5.74) is 4.81. The van der Waals surface area contributed by atoms with Crippen LogP contribution in [0.25, 0.3) is 11.1 Å². The number of allylic oxidation sites excluding steroid dienone is 4. The zero-order valence-electron chi connectivity index (χ0n) is 13.4. The second-order valence-electron chi connectivity index (χ2n) is 4.98. The molecule has 0 fully saturated rings. The van der Waals surface area contributed by atoms with Crippen LogP contribution in [0.15, 0.2) is 91.2 Å². The number of hydrogen-bond donors (Lipinski definition) is 0. The third-order valence-electron chi connectivity index (χ3n) is 3.54. The fourth-order valence-corrected chi connectivity index (χ4v) is 2.51. The van der Waals surface area contributed by atoms with E-state index in [4.69, 9.17) is 0 Å². The molecule has 0 saturated carbocycles. The normalized spacial score (nSPS) is 11.6. The summed E-state index contributed by atoms with van der Waals surface area (Å²) < 4.78 is 0. The van der Waals surface area contributed by atoms with Gasteiger partial charge in [-0.25, -0.2) is 0 Å². The lowest BCUT2D eigenvalue weighted by atomic mass is 10.1. The van der Waals surface area contributed by atoms with E-state index in [9.17, 15) is 0 Å². The first-order chi connectivity index (χ1) is 10.8. The van der Waals surface area contributed by atoms with Crippen molar-refractivity contribution in [2.24, 2.45) is 0 Å². The minimum Gasteiger partial charge on any atom is -0.342 e. The average molecular weight is 289 g/mol. The fraction of sp³-hybridized carbons (Fsp3) is 0.143. The van der Waals surface area contributed by atoms with Crippen molar-refractivity contribution in [3.8, 4) is 11.1 Å². The largest absolute Gasteiger partial charge is 0.342 e. The lowest BCUT2D eigenvalue weighted by Gasteiger charge is -2.24.